The van der Waals surface area contributed by atoms with E-state index in [1.54, 1.807) is 0 Å². The van der Waals surface area contributed by atoms with Crippen LogP contribution in [0.1, 0.15) is 18.0 Å². The Balaban J connectivity index is 2.24. The number of alkyl halides is 3. The van der Waals surface area contributed by atoms with Gasteiger partial charge in [0, 0.05) is 12.0 Å². The van der Waals surface area contributed by atoms with Crippen LogP contribution in [0.3, 0.4) is 0 Å². The third-order valence-corrected chi connectivity index (χ3v) is 2.51. The molecule has 19 heavy (non-hydrogen) atoms. The fourth-order valence-corrected chi connectivity index (χ4v) is 1.74. The van der Waals surface area contributed by atoms with Gasteiger partial charge in [-0.25, -0.2) is 9.18 Å². The Hall–Kier alpha value is -1.99. The van der Waals surface area contributed by atoms with E-state index in [-0.39, 0.29) is 18.6 Å². The lowest BCUT2D eigenvalue weighted by molar-refractivity contribution is -0.274. The molecule has 8 heteroatoms. The SMILES string of the molecule is O=C1N[C@H](c2cc(OC(F)(F)F)ccc2F)CCO1. The van der Waals surface area contributed by atoms with E-state index in [4.69, 9.17) is 0 Å². The number of amides is 1. The smallest absolute Gasteiger partial charge is 0.449 e. The second-order valence-electron chi connectivity index (χ2n) is 3.85. The van der Waals surface area contributed by atoms with Gasteiger partial charge in [0.05, 0.1) is 12.6 Å². The van der Waals surface area contributed by atoms with Crippen LogP contribution in [0, 0.1) is 5.82 Å². The third-order valence-electron chi connectivity index (χ3n) is 2.51. The average Bonchev–Trinajstić information content (AvgIpc) is 2.30. The minimum absolute atomic E-state index is 0.0697. The molecule has 1 aromatic rings. The second kappa shape index (κ2) is 4.94. The topological polar surface area (TPSA) is 47.6 Å². The molecule has 0 unspecified atom stereocenters. The lowest BCUT2D eigenvalue weighted by Gasteiger charge is -2.24. The van der Waals surface area contributed by atoms with Gasteiger partial charge in [-0.05, 0) is 18.2 Å². The number of carbonyl (C=O) groups is 1. The van der Waals surface area contributed by atoms with E-state index in [0.29, 0.717) is 0 Å². The maximum absolute atomic E-state index is 13.6. The first kappa shape index (κ1) is 13.4. The first-order chi connectivity index (χ1) is 8.85. The molecular weight excluding hydrogens is 270 g/mol. The van der Waals surface area contributed by atoms with Gasteiger partial charge in [0.2, 0.25) is 0 Å². The highest BCUT2D eigenvalue weighted by Gasteiger charge is 2.32. The highest BCUT2D eigenvalue weighted by molar-refractivity contribution is 5.68. The molecule has 0 aliphatic carbocycles. The van der Waals surface area contributed by atoms with Crippen molar-refractivity contribution in [1.82, 2.24) is 5.32 Å². The van der Waals surface area contributed by atoms with Gasteiger partial charge < -0.3 is 14.8 Å². The van der Waals surface area contributed by atoms with E-state index in [1.165, 1.54) is 0 Å². The summed E-state index contributed by atoms with van der Waals surface area (Å²) in [6, 6.07) is 1.91. The Bertz CT molecular complexity index is 489. The third kappa shape index (κ3) is 3.49. The van der Waals surface area contributed by atoms with E-state index >= 15 is 0 Å². The molecule has 0 bridgehead atoms. The molecule has 1 saturated heterocycles. The zero-order chi connectivity index (χ0) is 14.0. The van der Waals surface area contributed by atoms with Crippen molar-refractivity contribution in [3.8, 4) is 5.75 Å². The number of carbonyl (C=O) groups excluding carboxylic acids is 1. The monoisotopic (exact) mass is 279 g/mol. The second-order valence-corrected chi connectivity index (χ2v) is 3.85. The van der Waals surface area contributed by atoms with Crippen molar-refractivity contribution in [2.45, 2.75) is 18.8 Å². The molecule has 104 valence electrons. The number of hydrogen-bond acceptors (Lipinski definition) is 3. The normalized spacial score (nSPS) is 19.6. The zero-order valence-electron chi connectivity index (χ0n) is 9.46. The summed E-state index contributed by atoms with van der Waals surface area (Å²) in [5.41, 5.74) is -0.0709. The van der Waals surface area contributed by atoms with Gasteiger partial charge >= 0.3 is 12.5 Å². The van der Waals surface area contributed by atoms with Crippen LogP contribution in [0.5, 0.6) is 5.75 Å². The molecule has 1 aliphatic heterocycles. The molecule has 1 heterocycles. The minimum atomic E-state index is -4.85. The number of rotatable bonds is 2. The molecule has 0 saturated carbocycles. The van der Waals surface area contributed by atoms with Gasteiger partial charge in [0.1, 0.15) is 11.6 Å². The maximum atomic E-state index is 13.6. The summed E-state index contributed by atoms with van der Waals surface area (Å²) >= 11 is 0. The molecule has 1 atom stereocenters. The predicted molar refractivity (Wildman–Crippen MR) is 54.9 cm³/mol. The standard InChI is InChI=1S/C11H9F4NO3/c12-8-2-1-6(19-11(13,14)15)5-7(8)9-3-4-18-10(17)16-9/h1-2,5,9H,3-4H2,(H,16,17)/t9-/m0/s1. The Kier molecular flexibility index (Phi) is 3.50. The summed E-state index contributed by atoms with van der Waals surface area (Å²) in [5.74, 6) is -1.26. The summed E-state index contributed by atoms with van der Waals surface area (Å²) in [6.45, 7) is 0.0697. The number of nitrogens with one attached hydrogen (secondary N) is 1. The Morgan fingerprint density at radius 2 is 2.11 bits per heavy atom. The number of alkyl carbamates (subject to hydrolysis) is 1. The maximum Gasteiger partial charge on any atom is 0.573 e. The Morgan fingerprint density at radius 1 is 1.37 bits per heavy atom. The fourth-order valence-electron chi connectivity index (χ4n) is 1.74. The zero-order valence-corrected chi connectivity index (χ0v) is 9.46. The molecule has 4 nitrogen and oxygen atoms in total. The molecule has 2 rings (SSSR count). The van der Waals surface area contributed by atoms with Gasteiger partial charge in [-0.1, -0.05) is 0 Å². The largest absolute Gasteiger partial charge is 0.573 e. The van der Waals surface area contributed by atoms with Crippen LogP contribution in [-0.2, 0) is 4.74 Å². The van der Waals surface area contributed by atoms with Crippen LogP contribution in [0.2, 0.25) is 0 Å². The molecule has 1 aromatic carbocycles. The van der Waals surface area contributed by atoms with Crippen molar-refractivity contribution in [3.05, 3.63) is 29.6 Å². The molecule has 1 aliphatic rings. The molecule has 1 fully saturated rings. The fraction of sp³-hybridized carbons (Fsp3) is 0.364. The summed E-state index contributed by atoms with van der Waals surface area (Å²) in [7, 11) is 0. The van der Waals surface area contributed by atoms with Crippen molar-refractivity contribution in [2.24, 2.45) is 0 Å². The minimum Gasteiger partial charge on any atom is -0.449 e. The predicted octanol–water partition coefficient (Wildman–Crippen LogP) is 2.90. The van der Waals surface area contributed by atoms with Crippen molar-refractivity contribution in [1.29, 1.82) is 0 Å². The highest BCUT2D eigenvalue weighted by Crippen LogP contribution is 2.29. The first-order valence-corrected chi connectivity index (χ1v) is 5.33. The van der Waals surface area contributed by atoms with Crippen LogP contribution < -0.4 is 10.1 Å². The van der Waals surface area contributed by atoms with E-state index in [9.17, 15) is 22.4 Å². The average molecular weight is 279 g/mol. The van der Waals surface area contributed by atoms with Gasteiger partial charge in [0.15, 0.2) is 0 Å². The number of ether oxygens (including phenoxy) is 2. The number of hydrogen-bond donors (Lipinski definition) is 1. The molecule has 1 amide bonds. The summed E-state index contributed by atoms with van der Waals surface area (Å²) in [5, 5.41) is 2.33. The van der Waals surface area contributed by atoms with E-state index < -0.39 is 30.1 Å². The van der Waals surface area contributed by atoms with Gasteiger partial charge in [-0.15, -0.1) is 13.2 Å². The number of benzene rings is 1. The van der Waals surface area contributed by atoms with Crippen LogP contribution in [0.4, 0.5) is 22.4 Å². The van der Waals surface area contributed by atoms with E-state index in [2.05, 4.69) is 14.8 Å². The van der Waals surface area contributed by atoms with Crippen LogP contribution in [0.15, 0.2) is 18.2 Å². The first-order valence-electron chi connectivity index (χ1n) is 5.33. The summed E-state index contributed by atoms with van der Waals surface area (Å²) < 4.78 is 58.1. The number of cyclic esters (lactones) is 1. The van der Waals surface area contributed by atoms with Crippen molar-refractivity contribution < 1.29 is 31.8 Å². The lowest BCUT2D eigenvalue weighted by atomic mass is 10.0. The molecular formula is C11H9F4NO3. The van der Waals surface area contributed by atoms with Crippen molar-refractivity contribution in [2.75, 3.05) is 6.61 Å². The van der Waals surface area contributed by atoms with Crippen LogP contribution >= 0.6 is 0 Å². The molecule has 0 radical (unpaired) electrons. The molecule has 1 N–H and O–H groups in total. The quantitative estimate of drug-likeness (QED) is 0.847. The summed E-state index contributed by atoms with van der Waals surface area (Å²) in [6.07, 6.45) is -5.33. The Morgan fingerprint density at radius 3 is 2.74 bits per heavy atom. The lowest BCUT2D eigenvalue weighted by Crippen LogP contribution is -2.35. The molecule has 0 aromatic heterocycles. The summed E-state index contributed by atoms with van der Waals surface area (Å²) in [4.78, 5) is 11.0. The van der Waals surface area contributed by atoms with Crippen molar-refractivity contribution >= 4 is 6.09 Å². The van der Waals surface area contributed by atoms with Gasteiger partial charge in [-0.3, -0.25) is 0 Å². The van der Waals surface area contributed by atoms with Gasteiger partial charge in [0.25, 0.3) is 0 Å². The van der Waals surface area contributed by atoms with Crippen LogP contribution in [0.25, 0.3) is 0 Å². The Labute approximate surface area is 105 Å². The van der Waals surface area contributed by atoms with E-state index in [0.717, 1.165) is 18.2 Å². The molecule has 0 spiro atoms. The van der Waals surface area contributed by atoms with Crippen molar-refractivity contribution in [3.63, 3.8) is 0 Å². The highest BCUT2D eigenvalue weighted by atomic mass is 19.4. The van der Waals surface area contributed by atoms with Crippen LogP contribution in [-0.4, -0.2) is 19.1 Å². The van der Waals surface area contributed by atoms with E-state index in [1.807, 2.05) is 0 Å². The van der Waals surface area contributed by atoms with Gasteiger partial charge in [-0.2, -0.15) is 0 Å². The number of halogens is 4.